The highest BCUT2D eigenvalue weighted by Gasteiger charge is 2.58. The molecule has 1 aliphatic rings. The fourth-order valence-corrected chi connectivity index (χ4v) is 32.6. The van der Waals surface area contributed by atoms with Crippen molar-refractivity contribution in [2.24, 2.45) is 0 Å². The molecule has 17 heteroatoms. The van der Waals surface area contributed by atoms with Gasteiger partial charge in [-0.1, -0.05) is 34.4 Å². The number of rotatable bonds is 23. The van der Waals surface area contributed by atoms with E-state index in [1.165, 1.54) is 0 Å². The van der Waals surface area contributed by atoms with Crippen molar-refractivity contribution >= 4 is 63.7 Å². The molecular weight excluding hydrogens is 629 g/mol. The largest absolute Gasteiger partial charge is 0.501 e. The Morgan fingerprint density at radius 1 is 0.615 bits per heavy atom. The lowest BCUT2D eigenvalue weighted by atomic mass is 10.6. The van der Waals surface area contributed by atoms with Crippen LogP contribution in [0.15, 0.2) is 0 Å². The first-order valence-corrected chi connectivity index (χ1v) is 28.5. The molecule has 39 heavy (non-hydrogen) atoms. The molecule has 1 rings (SSSR count). The van der Waals surface area contributed by atoms with E-state index in [0.29, 0.717) is 46.2 Å². The summed E-state index contributed by atoms with van der Waals surface area (Å²) in [6, 6.07) is 1.58. The van der Waals surface area contributed by atoms with Gasteiger partial charge in [0.15, 0.2) is 0 Å². The maximum Gasteiger partial charge on any atom is 0.501 e. The second-order valence-corrected chi connectivity index (χ2v) is 29.6. The first-order chi connectivity index (χ1) is 18.4. The first-order valence-electron chi connectivity index (χ1n) is 14.3. The van der Waals surface area contributed by atoms with Gasteiger partial charge >= 0.3 is 42.7 Å². The smallest absolute Gasteiger partial charge is 0.407 e. The van der Waals surface area contributed by atoms with Crippen LogP contribution in [-0.4, -0.2) is 94.7 Å². The fraction of sp³-hybridized carbons (Fsp3) is 1.00. The Labute approximate surface area is 250 Å². The summed E-state index contributed by atoms with van der Waals surface area (Å²) in [5.74, 6) is 0.913. The highest BCUT2D eigenvalue weighted by atomic mass is 33.2. The average molecular weight is 683 g/mol. The molecule has 1 aliphatic heterocycles. The zero-order chi connectivity index (χ0) is 29.5. The van der Waals surface area contributed by atoms with Crippen molar-refractivity contribution in [2.45, 2.75) is 92.7 Å². The molecule has 1 fully saturated rings. The van der Waals surface area contributed by atoms with Crippen LogP contribution in [0.4, 0.5) is 0 Å². The van der Waals surface area contributed by atoms with Gasteiger partial charge in [0.2, 0.25) is 0 Å². The summed E-state index contributed by atoms with van der Waals surface area (Å²) >= 11 is 0. The molecule has 0 aliphatic carbocycles. The van der Waals surface area contributed by atoms with Gasteiger partial charge in [0.1, 0.15) is 0 Å². The van der Waals surface area contributed by atoms with Crippen molar-refractivity contribution < 1.29 is 43.3 Å². The molecule has 0 aromatic heterocycles. The SMILES string of the molecule is CCC[Si](OCC)(OCC)OCCO[Si]1(C)O[Si](C)(C)O[Si](C)(SSCCC[Si](OCC)(OCC)OCC)O1. The molecule has 234 valence electrons. The summed E-state index contributed by atoms with van der Waals surface area (Å²) in [6.45, 7) is 23.8. The monoisotopic (exact) mass is 682 g/mol. The standard InChI is InChI=1S/C22H54O10S2Si5/c1-11-21-38(23-12-2,24-13-3)29-19-18-28-36(9)30-35(7,8)31-37(10,32-36)34-33-20-17-22-39(25-14-4,26-15-5)27-16-6/h11-22H2,1-10H3. The summed E-state index contributed by atoms with van der Waals surface area (Å²) in [5, 5.41) is 0. The van der Waals surface area contributed by atoms with E-state index < -0.39 is 42.7 Å². The third kappa shape index (κ3) is 14.1. The van der Waals surface area contributed by atoms with Gasteiger partial charge < -0.3 is 43.3 Å². The van der Waals surface area contributed by atoms with E-state index in [4.69, 9.17) is 43.3 Å². The quantitative estimate of drug-likeness (QED) is 0.0702. The molecule has 0 N–H and O–H groups in total. The highest BCUT2D eigenvalue weighted by Crippen LogP contribution is 2.43. The molecule has 0 aromatic rings. The third-order valence-electron chi connectivity index (χ3n) is 5.30. The van der Waals surface area contributed by atoms with Crippen LogP contribution in [0.2, 0.25) is 38.3 Å². The topological polar surface area (TPSA) is 92.3 Å². The minimum absolute atomic E-state index is 0.354. The van der Waals surface area contributed by atoms with Gasteiger partial charge in [-0.2, -0.15) is 0 Å². The minimum atomic E-state index is -2.92. The second kappa shape index (κ2) is 18.9. The lowest BCUT2D eigenvalue weighted by Gasteiger charge is -2.46. The van der Waals surface area contributed by atoms with Gasteiger partial charge in [0.25, 0.3) is 0 Å². The Bertz CT molecular complexity index is 641. The van der Waals surface area contributed by atoms with E-state index >= 15 is 0 Å². The van der Waals surface area contributed by atoms with Crippen molar-refractivity contribution in [3.8, 4) is 0 Å². The molecule has 0 saturated carbocycles. The van der Waals surface area contributed by atoms with Crippen LogP contribution >= 0.6 is 21.0 Å². The second-order valence-electron chi connectivity index (χ2n) is 9.42. The van der Waals surface area contributed by atoms with Crippen LogP contribution in [0.3, 0.4) is 0 Å². The van der Waals surface area contributed by atoms with Gasteiger partial charge in [-0.3, -0.25) is 0 Å². The Morgan fingerprint density at radius 3 is 1.62 bits per heavy atom. The van der Waals surface area contributed by atoms with Crippen LogP contribution in [0.25, 0.3) is 0 Å². The lowest BCUT2D eigenvalue weighted by molar-refractivity contribution is 0.0426. The van der Waals surface area contributed by atoms with E-state index in [0.717, 1.165) is 30.7 Å². The summed E-state index contributed by atoms with van der Waals surface area (Å²) in [5.41, 5.74) is 0. The summed E-state index contributed by atoms with van der Waals surface area (Å²) in [6.07, 6.45) is 1.87. The maximum atomic E-state index is 6.55. The molecule has 0 amide bonds. The fourth-order valence-electron chi connectivity index (χ4n) is 4.39. The van der Waals surface area contributed by atoms with Crippen molar-refractivity contribution in [1.29, 1.82) is 0 Å². The third-order valence-corrected chi connectivity index (χ3v) is 30.2. The highest BCUT2D eigenvalue weighted by molar-refractivity contribution is 8.87. The van der Waals surface area contributed by atoms with Gasteiger partial charge in [0.05, 0.1) is 13.2 Å². The molecule has 0 aromatic carbocycles. The molecule has 1 heterocycles. The van der Waals surface area contributed by atoms with Crippen molar-refractivity contribution in [3.05, 3.63) is 0 Å². The van der Waals surface area contributed by atoms with E-state index in [2.05, 4.69) is 26.6 Å². The van der Waals surface area contributed by atoms with Crippen molar-refractivity contribution in [3.63, 3.8) is 0 Å². The predicted molar refractivity (Wildman–Crippen MR) is 170 cm³/mol. The van der Waals surface area contributed by atoms with E-state index in [1.807, 2.05) is 41.2 Å². The maximum absolute atomic E-state index is 6.55. The Hall–Kier alpha value is 1.38. The van der Waals surface area contributed by atoms with Crippen molar-refractivity contribution in [2.75, 3.05) is 52.0 Å². The molecule has 0 radical (unpaired) electrons. The number of hydrogen-bond donors (Lipinski definition) is 0. The zero-order valence-electron chi connectivity index (χ0n) is 25.9. The van der Waals surface area contributed by atoms with Crippen LogP contribution in [0, 0.1) is 0 Å². The molecule has 2 unspecified atom stereocenters. The van der Waals surface area contributed by atoms with E-state index in [-0.39, 0.29) is 0 Å². The zero-order valence-corrected chi connectivity index (χ0v) is 32.5. The Kier molecular flexibility index (Phi) is 18.6. The van der Waals surface area contributed by atoms with Crippen LogP contribution in [-0.2, 0) is 43.3 Å². The number of hydrogen-bond acceptors (Lipinski definition) is 12. The summed E-state index contributed by atoms with van der Waals surface area (Å²) < 4.78 is 61.8. The minimum Gasteiger partial charge on any atom is -0.407 e. The lowest BCUT2D eigenvalue weighted by Crippen LogP contribution is -2.66. The first kappa shape index (κ1) is 38.4. The predicted octanol–water partition coefficient (Wildman–Crippen LogP) is 6.16. The van der Waals surface area contributed by atoms with Crippen LogP contribution in [0.1, 0.15) is 54.4 Å². The Morgan fingerprint density at radius 2 is 1.13 bits per heavy atom. The molecule has 10 nitrogen and oxygen atoms in total. The molecule has 0 bridgehead atoms. The molecule has 1 saturated heterocycles. The summed E-state index contributed by atoms with van der Waals surface area (Å²) in [7, 11) is -9.79. The van der Waals surface area contributed by atoms with Crippen LogP contribution in [0.5, 0.6) is 0 Å². The molecule has 0 spiro atoms. The van der Waals surface area contributed by atoms with Crippen LogP contribution < -0.4 is 0 Å². The molecule has 2 atom stereocenters. The molecular formula is C22H54O10S2Si5. The van der Waals surface area contributed by atoms with Gasteiger partial charge in [-0.15, -0.1) is 0 Å². The normalized spacial score (nSPS) is 23.8. The Balaban J connectivity index is 2.68. The van der Waals surface area contributed by atoms with Gasteiger partial charge in [0, 0.05) is 57.4 Å². The van der Waals surface area contributed by atoms with Gasteiger partial charge in [-0.25, -0.2) is 0 Å². The average Bonchev–Trinajstić information content (AvgIpc) is 2.81. The van der Waals surface area contributed by atoms with E-state index in [1.54, 1.807) is 21.0 Å². The van der Waals surface area contributed by atoms with E-state index in [9.17, 15) is 0 Å². The van der Waals surface area contributed by atoms with Gasteiger partial charge in [-0.05, 0) is 60.7 Å². The summed E-state index contributed by atoms with van der Waals surface area (Å²) in [4.78, 5) is 0. The van der Waals surface area contributed by atoms with Crippen molar-refractivity contribution in [1.82, 2.24) is 0 Å².